The first kappa shape index (κ1) is 18.9. The van der Waals surface area contributed by atoms with Gasteiger partial charge in [-0.25, -0.2) is 4.98 Å². The Morgan fingerprint density at radius 1 is 1.10 bits per heavy atom. The van der Waals surface area contributed by atoms with Gasteiger partial charge in [-0.2, -0.15) is 5.26 Å². The first-order valence-electron chi connectivity index (χ1n) is 9.34. The minimum Gasteiger partial charge on any atom is -0.326 e. The first-order valence-corrected chi connectivity index (χ1v) is 10.2. The highest BCUT2D eigenvalue weighted by molar-refractivity contribution is 7.11. The van der Waals surface area contributed by atoms with Gasteiger partial charge in [0.25, 0.3) is 0 Å². The van der Waals surface area contributed by atoms with E-state index in [0.717, 1.165) is 22.0 Å². The summed E-state index contributed by atoms with van der Waals surface area (Å²) >= 11 is 1.59. The number of aryl methyl sites for hydroxylation is 1. The summed E-state index contributed by atoms with van der Waals surface area (Å²) in [6.07, 6.45) is 1.02. The van der Waals surface area contributed by atoms with Crippen LogP contribution in [0.4, 0.5) is 5.69 Å². The molecule has 1 amide bonds. The Bertz CT molecular complexity index is 1230. The molecule has 0 bridgehead atoms. The summed E-state index contributed by atoms with van der Waals surface area (Å²) in [5, 5.41) is 15.3. The largest absolute Gasteiger partial charge is 0.326 e. The number of thiazole rings is 1. The van der Waals surface area contributed by atoms with Gasteiger partial charge in [0, 0.05) is 17.0 Å². The van der Waals surface area contributed by atoms with Gasteiger partial charge in [-0.15, -0.1) is 11.3 Å². The van der Waals surface area contributed by atoms with Crippen molar-refractivity contribution >= 4 is 33.7 Å². The summed E-state index contributed by atoms with van der Waals surface area (Å²) in [6, 6.07) is 23.7. The maximum atomic E-state index is 12.5. The summed E-state index contributed by atoms with van der Waals surface area (Å²) < 4.78 is 0. The van der Waals surface area contributed by atoms with Crippen molar-refractivity contribution in [1.82, 2.24) is 4.98 Å². The molecule has 29 heavy (non-hydrogen) atoms. The lowest BCUT2D eigenvalue weighted by Gasteiger charge is -2.05. The summed E-state index contributed by atoms with van der Waals surface area (Å²) in [6.45, 7) is 1.95. The average molecular weight is 398 g/mol. The van der Waals surface area contributed by atoms with Gasteiger partial charge >= 0.3 is 0 Å². The van der Waals surface area contributed by atoms with E-state index in [4.69, 9.17) is 10.2 Å². The third-order valence-electron chi connectivity index (χ3n) is 4.76. The van der Waals surface area contributed by atoms with Crippen molar-refractivity contribution in [2.24, 2.45) is 0 Å². The normalized spacial score (nSPS) is 10.6. The van der Waals surface area contributed by atoms with Crippen molar-refractivity contribution in [3.8, 4) is 6.07 Å². The van der Waals surface area contributed by atoms with Crippen LogP contribution < -0.4 is 5.32 Å². The number of anilines is 1. The molecule has 3 aromatic carbocycles. The number of benzene rings is 3. The SMILES string of the molecule is Cc1nc(Cc2cccc3ccccc23)sc1CC(=O)Nc1cccc(C#N)c1. The number of nitrogens with one attached hydrogen (secondary N) is 1. The number of nitriles is 1. The van der Waals surface area contributed by atoms with Crippen molar-refractivity contribution in [2.45, 2.75) is 19.8 Å². The topological polar surface area (TPSA) is 65.8 Å². The molecule has 4 aromatic rings. The number of carbonyl (C=O) groups excluding carboxylic acids is 1. The van der Waals surface area contributed by atoms with E-state index in [9.17, 15) is 4.79 Å². The van der Waals surface area contributed by atoms with Gasteiger partial charge in [0.1, 0.15) is 0 Å². The second kappa shape index (κ2) is 8.26. The summed E-state index contributed by atoms with van der Waals surface area (Å²) in [7, 11) is 0. The standard InChI is InChI=1S/C24H19N3OS/c1-16-22(14-23(28)27-20-10-4-6-17(12-20)15-25)29-24(26-16)13-19-9-5-8-18-7-2-3-11-21(18)19/h2-12H,13-14H2,1H3,(H,27,28). The van der Waals surface area contributed by atoms with Crippen molar-refractivity contribution in [1.29, 1.82) is 5.26 Å². The molecular weight excluding hydrogens is 378 g/mol. The van der Waals surface area contributed by atoms with Gasteiger partial charge in [0.15, 0.2) is 0 Å². The van der Waals surface area contributed by atoms with Crippen LogP contribution >= 0.6 is 11.3 Å². The molecule has 0 aliphatic rings. The molecule has 0 spiro atoms. The number of amides is 1. The van der Waals surface area contributed by atoms with Crippen LogP contribution in [0.2, 0.25) is 0 Å². The molecule has 142 valence electrons. The molecule has 0 aliphatic carbocycles. The third kappa shape index (κ3) is 4.34. The fraction of sp³-hybridized carbons (Fsp3) is 0.125. The number of aromatic nitrogens is 1. The molecule has 0 unspecified atom stereocenters. The maximum Gasteiger partial charge on any atom is 0.229 e. The van der Waals surface area contributed by atoms with Gasteiger partial charge in [-0.05, 0) is 41.5 Å². The number of rotatable bonds is 5. The zero-order valence-electron chi connectivity index (χ0n) is 16.0. The Kier molecular flexibility index (Phi) is 5.37. The first-order chi connectivity index (χ1) is 14.1. The summed E-state index contributed by atoms with van der Waals surface area (Å²) in [5.74, 6) is -0.108. The van der Waals surface area contributed by atoms with Gasteiger partial charge in [0.05, 0.1) is 28.8 Å². The van der Waals surface area contributed by atoms with Crippen molar-refractivity contribution in [2.75, 3.05) is 5.32 Å². The molecule has 1 N–H and O–H groups in total. The van der Waals surface area contributed by atoms with Crippen LogP contribution in [0.25, 0.3) is 10.8 Å². The molecule has 0 radical (unpaired) electrons. The number of hydrogen-bond acceptors (Lipinski definition) is 4. The molecule has 1 heterocycles. The lowest BCUT2D eigenvalue weighted by atomic mass is 10.0. The highest BCUT2D eigenvalue weighted by atomic mass is 32.1. The molecule has 0 atom stereocenters. The van der Waals surface area contributed by atoms with E-state index < -0.39 is 0 Å². The molecule has 0 fully saturated rings. The Hall–Kier alpha value is -3.49. The lowest BCUT2D eigenvalue weighted by Crippen LogP contribution is -2.14. The molecular formula is C24H19N3OS. The van der Waals surface area contributed by atoms with Crippen LogP contribution in [-0.4, -0.2) is 10.9 Å². The van der Waals surface area contributed by atoms with E-state index in [1.165, 1.54) is 16.3 Å². The van der Waals surface area contributed by atoms with E-state index in [1.54, 1.807) is 35.6 Å². The minimum absolute atomic E-state index is 0.108. The molecule has 1 aromatic heterocycles. The van der Waals surface area contributed by atoms with Crippen molar-refractivity contribution in [3.63, 3.8) is 0 Å². The van der Waals surface area contributed by atoms with Crippen molar-refractivity contribution < 1.29 is 4.79 Å². The second-order valence-corrected chi connectivity index (χ2v) is 8.02. The molecule has 0 saturated carbocycles. The van der Waals surface area contributed by atoms with Crippen LogP contribution in [0.1, 0.15) is 26.7 Å². The van der Waals surface area contributed by atoms with E-state index >= 15 is 0 Å². The summed E-state index contributed by atoms with van der Waals surface area (Å²) in [5.41, 5.74) is 3.29. The van der Waals surface area contributed by atoms with E-state index in [2.05, 4.69) is 47.8 Å². The number of carbonyl (C=O) groups is 1. The van der Waals surface area contributed by atoms with Crippen LogP contribution in [0, 0.1) is 18.3 Å². The van der Waals surface area contributed by atoms with Gasteiger partial charge < -0.3 is 5.32 Å². The zero-order valence-corrected chi connectivity index (χ0v) is 16.8. The Morgan fingerprint density at radius 3 is 2.76 bits per heavy atom. The Balaban J connectivity index is 1.49. The van der Waals surface area contributed by atoms with Crippen LogP contribution in [0.15, 0.2) is 66.7 Å². The van der Waals surface area contributed by atoms with E-state index in [-0.39, 0.29) is 12.3 Å². The van der Waals surface area contributed by atoms with Gasteiger partial charge in [-0.1, -0.05) is 48.5 Å². The fourth-order valence-electron chi connectivity index (χ4n) is 3.35. The Labute approximate surface area is 173 Å². The highest BCUT2D eigenvalue weighted by Crippen LogP contribution is 2.25. The maximum absolute atomic E-state index is 12.5. The molecule has 0 saturated heterocycles. The monoisotopic (exact) mass is 397 g/mol. The molecule has 4 rings (SSSR count). The highest BCUT2D eigenvalue weighted by Gasteiger charge is 2.13. The third-order valence-corrected chi connectivity index (χ3v) is 5.91. The van der Waals surface area contributed by atoms with Gasteiger partial charge in [0.2, 0.25) is 5.91 Å². The van der Waals surface area contributed by atoms with E-state index in [1.807, 2.05) is 13.0 Å². The number of hydrogen-bond donors (Lipinski definition) is 1. The molecule has 5 heteroatoms. The minimum atomic E-state index is -0.108. The van der Waals surface area contributed by atoms with Crippen LogP contribution in [0.5, 0.6) is 0 Å². The Morgan fingerprint density at radius 2 is 1.90 bits per heavy atom. The van der Waals surface area contributed by atoms with Gasteiger partial charge in [-0.3, -0.25) is 4.79 Å². The lowest BCUT2D eigenvalue weighted by molar-refractivity contribution is -0.115. The quantitative estimate of drug-likeness (QED) is 0.500. The zero-order chi connectivity index (χ0) is 20.2. The number of nitrogens with zero attached hydrogens (tertiary/aromatic N) is 2. The predicted molar refractivity (Wildman–Crippen MR) is 117 cm³/mol. The van der Waals surface area contributed by atoms with Crippen LogP contribution in [0.3, 0.4) is 0 Å². The smallest absolute Gasteiger partial charge is 0.229 e. The van der Waals surface area contributed by atoms with Crippen molar-refractivity contribution in [3.05, 3.63) is 93.4 Å². The fourth-order valence-corrected chi connectivity index (χ4v) is 4.45. The van der Waals surface area contributed by atoms with Crippen LogP contribution in [-0.2, 0) is 17.6 Å². The second-order valence-electron chi connectivity index (χ2n) is 6.85. The predicted octanol–water partition coefficient (Wildman–Crippen LogP) is 5.25. The average Bonchev–Trinajstić information content (AvgIpc) is 3.07. The molecule has 0 aliphatic heterocycles. The summed E-state index contributed by atoms with van der Waals surface area (Å²) in [4.78, 5) is 18.1. The molecule has 4 nitrogen and oxygen atoms in total. The van der Waals surface area contributed by atoms with E-state index in [0.29, 0.717) is 11.3 Å². The number of fused-ring (bicyclic) bond motifs is 1.